The molecule has 0 aromatic carbocycles. The highest BCUT2D eigenvalue weighted by Crippen LogP contribution is 2.29. The Morgan fingerprint density at radius 2 is 1.62 bits per heavy atom. The monoisotopic (exact) mass is 186 g/mol. The Kier molecular flexibility index (Phi) is 3.95. The van der Waals surface area contributed by atoms with Crippen LogP contribution in [0.2, 0.25) is 0 Å². The zero-order valence-corrected chi connectivity index (χ0v) is 9.73. The van der Waals surface area contributed by atoms with Crippen molar-refractivity contribution in [3.63, 3.8) is 0 Å². The van der Waals surface area contributed by atoms with Crippen molar-refractivity contribution in [1.82, 2.24) is 0 Å². The van der Waals surface area contributed by atoms with E-state index in [1.807, 2.05) is 20.8 Å². The minimum atomic E-state index is -0.342. The lowest BCUT2D eigenvalue weighted by molar-refractivity contribution is -0.158. The summed E-state index contributed by atoms with van der Waals surface area (Å²) in [6, 6.07) is 0. The van der Waals surface area contributed by atoms with Crippen LogP contribution >= 0.6 is 0 Å². The molecule has 0 N–H and O–H groups in total. The SMILES string of the molecule is CCC(=O)OC(C)(C)CC(C)(C)C. The lowest BCUT2D eigenvalue weighted by atomic mass is 9.83. The summed E-state index contributed by atoms with van der Waals surface area (Å²) in [5.74, 6) is -0.116. The Hall–Kier alpha value is -0.530. The molecule has 0 rings (SSSR count). The van der Waals surface area contributed by atoms with E-state index in [4.69, 9.17) is 4.74 Å². The molecule has 0 fully saturated rings. The molecule has 0 bridgehead atoms. The van der Waals surface area contributed by atoms with E-state index in [2.05, 4.69) is 20.8 Å². The van der Waals surface area contributed by atoms with E-state index in [-0.39, 0.29) is 17.0 Å². The Morgan fingerprint density at radius 1 is 1.15 bits per heavy atom. The largest absolute Gasteiger partial charge is 0.460 e. The molecule has 0 aliphatic heterocycles. The minimum absolute atomic E-state index is 0.116. The maximum atomic E-state index is 11.1. The zero-order valence-electron chi connectivity index (χ0n) is 9.73. The predicted octanol–water partition coefficient (Wildman–Crippen LogP) is 3.15. The van der Waals surface area contributed by atoms with Crippen molar-refractivity contribution in [2.45, 2.75) is 60.0 Å². The summed E-state index contributed by atoms with van der Waals surface area (Å²) in [6.07, 6.45) is 1.33. The Morgan fingerprint density at radius 3 is 1.92 bits per heavy atom. The van der Waals surface area contributed by atoms with Gasteiger partial charge in [-0.25, -0.2) is 0 Å². The molecule has 78 valence electrons. The molecular weight excluding hydrogens is 164 g/mol. The molecule has 0 aliphatic rings. The summed E-state index contributed by atoms with van der Waals surface area (Å²) < 4.78 is 5.32. The van der Waals surface area contributed by atoms with E-state index >= 15 is 0 Å². The van der Waals surface area contributed by atoms with Gasteiger partial charge in [-0.15, -0.1) is 0 Å². The third-order valence-electron chi connectivity index (χ3n) is 1.63. The van der Waals surface area contributed by atoms with Crippen LogP contribution in [-0.4, -0.2) is 11.6 Å². The number of esters is 1. The van der Waals surface area contributed by atoms with Crippen molar-refractivity contribution in [3.8, 4) is 0 Å². The van der Waals surface area contributed by atoms with Gasteiger partial charge in [-0.05, 0) is 25.7 Å². The third-order valence-corrected chi connectivity index (χ3v) is 1.63. The summed E-state index contributed by atoms with van der Waals surface area (Å²) >= 11 is 0. The first-order valence-corrected chi connectivity index (χ1v) is 4.88. The molecule has 0 atom stereocenters. The minimum Gasteiger partial charge on any atom is -0.460 e. The lowest BCUT2D eigenvalue weighted by Gasteiger charge is -2.32. The molecule has 0 aromatic rings. The molecule has 2 nitrogen and oxygen atoms in total. The normalized spacial score (nSPS) is 12.8. The van der Waals surface area contributed by atoms with E-state index < -0.39 is 0 Å². The third kappa shape index (κ3) is 6.62. The van der Waals surface area contributed by atoms with Crippen molar-refractivity contribution >= 4 is 5.97 Å². The van der Waals surface area contributed by atoms with Gasteiger partial charge in [0.2, 0.25) is 0 Å². The number of hydrogen-bond donors (Lipinski definition) is 0. The highest BCUT2D eigenvalue weighted by molar-refractivity contribution is 5.69. The molecule has 0 spiro atoms. The van der Waals surface area contributed by atoms with Gasteiger partial charge < -0.3 is 4.74 Å². The van der Waals surface area contributed by atoms with Crippen LogP contribution in [0.4, 0.5) is 0 Å². The van der Waals surface area contributed by atoms with Gasteiger partial charge in [0.25, 0.3) is 0 Å². The highest BCUT2D eigenvalue weighted by atomic mass is 16.6. The van der Waals surface area contributed by atoms with Crippen LogP contribution in [0.1, 0.15) is 54.4 Å². The number of carbonyl (C=O) groups is 1. The molecule has 0 amide bonds. The van der Waals surface area contributed by atoms with Crippen molar-refractivity contribution in [1.29, 1.82) is 0 Å². The lowest BCUT2D eigenvalue weighted by Crippen LogP contribution is -2.32. The quantitative estimate of drug-likeness (QED) is 0.633. The highest BCUT2D eigenvalue weighted by Gasteiger charge is 2.28. The number of carbonyl (C=O) groups excluding carboxylic acids is 1. The topological polar surface area (TPSA) is 26.3 Å². The predicted molar refractivity (Wildman–Crippen MR) is 54.5 cm³/mol. The van der Waals surface area contributed by atoms with Crippen molar-refractivity contribution < 1.29 is 9.53 Å². The fourth-order valence-corrected chi connectivity index (χ4v) is 1.69. The fraction of sp³-hybridized carbons (Fsp3) is 0.909. The average Bonchev–Trinajstić information content (AvgIpc) is 1.80. The van der Waals surface area contributed by atoms with Crippen LogP contribution in [0, 0.1) is 5.41 Å². The van der Waals surface area contributed by atoms with Crippen LogP contribution in [0.15, 0.2) is 0 Å². The van der Waals surface area contributed by atoms with Gasteiger partial charge >= 0.3 is 5.97 Å². The van der Waals surface area contributed by atoms with E-state index in [0.29, 0.717) is 6.42 Å². The van der Waals surface area contributed by atoms with Gasteiger partial charge in [0, 0.05) is 6.42 Å². The van der Waals surface area contributed by atoms with Crippen molar-refractivity contribution in [2.24, 2.45) is 5.41 Å². The van der Waals surface area contributed by atoms with Gasteiger partial charge in [-0.2, -0.15) is 0 Å². The molecule has 0 heterocycles. The van der Waals surface area contributed by atoms with Crippen LogP contribution in [-0.2, 0) is 9.53 Å². The number of hydrogen-bond acceptors (Lipinski definition) is 2. The van der Waals surface area contributed by atoms with E-state index in [1.54, 1.807) is 0 Å². The van der Waals surface area contributed by atoms with E-state index in [1.165, 1.54) is 0 Å². The summed E-state index contributed by atoms with van der Waals surface area (Å²) in [4.78, 5) is 11.1. The van der Waals surface area contributed by atoms with E-state index in [0.717, 1.165) is 6.42 Å². The summed E-state index contributed by atoms with van der Waals surface area (Å²) in [6.45, 7) is 12.2. The molecule has 0 radical (unpaired) electrons. The zero-order chi connectivity index (χ0) is 10.7. The molecule has 0 saturated heterocycles. The molecule has 13 heavy (non-hydrogen) atoms. The van der Waals surface area contributed by atoms with Gasteiger partial charge in [-0.3, -0.25) is 4.79 Å². The van der Waals surface area contributed by atoms with E-state index in [9.17, 15) is 4.79 Å². The maximum absolute atomic E-state index is 11.1. The van der Waals surface area contributed by atoms with Gasteiger partial charge in [0.1, 0.15) is 5.60 Å². The first-order valence-electron chi connectivity index (χ1n) is 4.88. The first kappa shape index (κ1) is 12.5. The second kappa shape index (κ2) is 4.12. The van der Waals surface area contributed by atoms with Crippen LogP contribution in [0.3, 0.4) is 0 Å². The fourth-order valence-electron chi connectivity index (χ4n) is 1.69. The molecule has 0 aliphatic carbocycles. The molecular formula is C11H22O2. The second-order valence-electron chi connectivity index (χ2n) is 5.32. The molecule has 2 heteroatoms. The second-order valence-corrected chi connectivity index (χ2v) is 5.32. The summed E-state index contributed by atoms with van der Waals surface area (Å²) in [5, 5.41) is 0. The molecule has 0 aromatic heterocycles. The maximum Gasteiger partial charge on any atom is 0.306 e. The Labute approximate surface area is 81.7 Å². The van der Waals surface area contributed by atoms with Gasteiger partial charge in [-0.1, -0.05) is 27.7 Å². The van der Waals surface area contributed by atoms with Crippen molar-refractivity contribution in [3.05, 3.63) is 0 Å². The van der Waals surface area contributed by atoms with Crippen LogP contribution in [0.5, 0.6) is 0 Å². The van der Waals surface area contributed by atoms with Crippen LogP contribution in [0.25, 0.3) is 0 Å². The number of ether oxygens (including phenoxy) is 1. The molecule has 0 unspecified atom stereocenters. The number of rotatable bonds is 3. The summed E-state index contributed by atoms with van der Waals surface area (Å²) in [5.41, 5.74) is -0.150. The average molecular weight is 186 g/mol. The summed E-state index contributed by atoms with van der Waals surface area (Å²) in [7, 11) is 0. The van der Waals surface area contributed by atoms with Gasteiger partial charge in [0.05, 0.1) is 0 Å². The Bertz CT molecular complexity index is 175. The van der Waals surface area contributed by atoms with Crippen molar-refractivity contribution in [2.75, 3.05) is 0 Å². The molecule has 0 saturated carbocycles. The smallest absolute Gasteiger partial charge is 0.306 e. The Balaban J connectivity index is 4.16. The standard InChI is InChI=1S/C11H22O2/c1-7-9(12)13-11(5,6)8-10(2,3)4/h7-8H2,1-6H3. The first-order chi connectivity index (χ1) is 5.66. The van der Waals surface area contributed by atoms with Gasteiger partial charge in [0.15, 0.2) is 0 Å². The van der Waals surface area contributed by atoms with Crippen LogP contribution < -0.4 is 0 Å².